The van der Waals surface area contributed by atoms with Crippen molar-refractivity contribution in [2.45, 2.75) is 6.42 Å². The molecule has 0 bridgehead atoms. The van der Waals surface area contributed by atoms with Crippen LogP contribution in [-0.2, 0) is 9.59 Å². The number of carboxylic acids is 1. The molecule has 0 aliphatic carbocycles. The molecule has 132 valence electrons. The zero-order valence-electron chi connectivity index (χ0n) is 13.6. The number of hydrogen-bond donors (Lipinski definition) is 1. The number of hydrogen-bond acceptors (Lipinski definition) is 6. The molecule has 1 aliphatic heterocycles. The first kappa shape index (κ1) is 19.0. The second-order valence-electron chi connectivity index (χ2n) is 4.96. The van der Waals surface area contributed by atoms with Crippen LogP contribution in [0.5, 0.6) is 11.5 Å². The van der Waals surface area contributed by atoms with E-state index in [1.807, 2.05) is 0 Å². The average molecular weight is 379 g/mol. The number of benzene rings is 1. The van der Waals surface area contributed by atoms with Crippen LogP contribution in [-0.4, -0.2) is 46.5 Å². The Morgan fingerprint density at radius 3 is 2.88 bits per heavy atom. The van der Waals surface area contributed by atoms with E-state index >= 15 is 0 Å². The number of amides is 1. The van der Waals surface area contributed by atoms with Gasteiger partial charge >= 0.3 is 5.97 Å². The normalized spacial score (nSPS) is 15.6. The molecule has 8 heteroatoms. The van der Waals surface area contributed by atoms with E-state index in [0.29, 0.717) is 32.9 Å². The number of ether oxygens (including phenoxy) is 2. The van der Waals surface area contributed by atoms with E-state index in [0.717, 1.165) is 11.8 Å². The second-order valence-corrected chi connectivity index (χ2v) is 6.63. The molecule has 0 aromatic heterocycles. The highest BCUT2D eigenvalue weighted by molar-refractivity contribution is 8.26. The predicted molar refractivity (Wildman–Crippen MR) is 101 cm³/mol. The molecule has 1 saturated heterocycles. The first-order valence-electron chi connectivity index (χ1n) is 7.35. The van der Waals surface area contributed by atoms with Gasteiger partial charge in [0.1, 0.15) is 10.9 Å². The highest BCUT2D eigenvalue weighted by Gasteiger charge is 2.32. The van der Waals surface area contributed by atoms with Gasteiger partial charge in [-0.2, -0.15) is 0 Å². The van der Waals surface area contributed by atoms with Crippen LogP contribution in [0.4, 0.5) is 0 Å². The molecule has 1 N–H and O–H groups in total. The van der Waals surface area contributed by atoms with Crippen molar-refractivity contribution in [2.24, 2.45) is 0 Å². The Labute approximate surface area is 155 Å². The van der Waals surface area contributed by atoms with Crippen LogP contribution in [0, 0.1) is 0 Å². The van der Waals surface area contributed by atoms with Crippen molar-refractivity contribution >= 4 is 46.3 Å². The largest absolute Gasteiger partial charge is 0.492 e. The van der Waals surface area contributed by atoms with Gasteiger partial charge in [-0.25, -0.2) is 0 Å². The van der Waals surface area contributed by atoms with Crippen molar-refractivity contribution in [3.8, 4) is 11.5 Å². The monoisotopic (exact) mass is 379 g/mol. The molecule has 1 aromatic rings. The third-order valence-corrected chi connectivity index (χ3v) is 4.66. The standard InChI is InChI=1S/C17H17NO5S2/c1-3-9-23-12-6-4-5-11(15(12)22-2)10-13-16(21)18(17(24)25-13)8-7-14(19)20/h3-6,10H,1,7-9H2,2H3,(H,19,20)/b13-10-. The van der Waals surface area contributed by atoms with Crippen LogP contribution in [0.25, 0.3) is 6.08 Å². The van der Waals surface area contributed by atoms with Crippen molar-refractivity contribution in [3.63, 3.8) is 0 Å². The number of nitrogens with zero attached hydrogens (tertiary/aromatic N) is 1. The molecular weight excluding hydrogens is 362 g/mol. The van der Waals surface area contributed by atoms with Gasteiger partial charge in [0.15, 0.2) is 11.5 Å². The maximum atomic E-state index is 12.5. The fourth-order valence-corrected chi connectivity index (χ4v) is 3.47. The van der Waals surface area contributed by atoms with Gasteiger partial charge in [0.25, 0.3) is 5.91 Å². The van der Waals surface area contributed by atoms with E-state index in [1.165, 1.54) is 12.0 Å². The fourth-order valence-electron chi connectivity index (χ4n) is 2.17. The average Bonchev–Trinajstić information content (AvgIpc) is 2.84. The molecule has 0 saturated carbocycles. The van der Waals surface area contributed by atoms with E-state index in [9.17, 15) is 9.59 Å². The summed E-state index contributed by atoms with van der Waals surface area (Å²) in [6.45, 7) is 3.99. The Balaban J connectivity index is 2.28. The van der Waals surface area contributed by atoms with Crippen LogP contribution < -0.4 is 9.47 Å². The number of rotatable bonds is 8. The minimum absolute atomic E-state index is 0.0525. The Morgan fingerprint density at radius 1 is 1.48 bits per heavy atom. The smallest absolute Gasteiger partial charge is 0.305 e. The van der Waals surface area contributed by atoms with E-state index in [2.05, 4.69) is 6.58 Å². The third kappa shape index (κ3) is 4.61. The van der Waals surface area contributed by atoms with E-state index in [4.69, 9.17) is 26.8 Å². The maximum absolute atomic E-state index is 12.5. The highest BCUT2D eigenvalue weighted by Crippen LogP contribution is 2.37. The highest BCUT2D eigenvalue weighted by atomic mass is 32.2. The predicted octanol–water partition coefficient (Wildman–Crippen LogP) is 2.94. The first-order chi connectivity index (χ1) is 12.0. The Hall–Kier alpha value is -2.32. The number of aliphatic carboxylic acids is 1. The summed E-state index contributed by atoms with van der Waals surface area (Å²) in [5, 5.41) is 8.78. The minimum atomic E-state index is -0.980. The molecule has 2 rings (SSSR count). The molecule has 1 aliphatic rings. The summed E-state index contributed by atoms with van der Waals surface area (Å²) in [6.07, 6.45) is 3.13. The zero-order valence-corrected chi connectivity index (χ0v) is 15.2. The summed E-state index contributed by atoms with van der Waals surface area (Å²) in [4.78, 5) is 24.9. The summed E-state index contributed by atoms with van der Waals surface area (Å²) >= 11 is 6.31. The van der Waals surface area contributed by atoms with E-state index in [1.54, 1.807) is 30.4 Å². The Morgan fingerprint density at radius 2 is 2.24 bits per heavy atom. The Kier molecular flexibility index (Phi) is 6.60. The Bertz CT molecular complexity index is 745. The lowest BCUT2D eigenvalue weighted by atomic mass is 10.1. The van der Waals surface area contributed by atoms with Crippen LogP contribution in [0.2, 0.25) is 0 Å². The van der Waals surface area contributed by atoms with Crippen molar-refractivity contribution < 1.29 is 24.2 Å². The second kappa shape index (κ2) is 8.68. The SMILES string of the molecule is C=CCOc1cccc(/C=C2\SC(=S)N(CCC(=O)O)C2=O)c1OC. The van der Waals surface area contributed by atoms with Gasteiger partial charge in [-0.15, -0.1) is 0 Å². The summed E-state index contributed by atoms with van der Waals surface area (Å²) in [7, 11) is 1.52. The summed E-state index contributed by atoms with van der Waals surface area (Å²) < 4.78 is 11.3. The van der Waals surface area contributed by atoms with Gasteiger partial charge in [0.05, 0.1) is 18.4 Å². The number of carbonyl (C=O) groups excluding carboxylic acids is 1. The summed E-state index contributed by atoms with van der Waals surface area (Å²) in [5.74, 6) is -0.250. The lowest BCUT2D eigenvalue weighted by molar-refractivity contribution is -0.137. The summed E-state index contributed by atoms with van der Waals surface area (Å²) in [6, 6.07) is 5.35. The molecule has 1 amide bonds. The molecule has 25 heavy (non-hydrogen) atoms. The fraction of sp³-hybridized carbons (Fsp3) is 0.235. The van der Waals surface area contributed by atoms with Crippen molar-refractivity contribution in [3.05, 3.63) is 41.3 Å². The molecule has 1 aromatic carbocycles. The van der Waals surface area contributed by atoms with Crippen molar-refractivity contribution in [2.75, 3.05) is 20.3 Å². The van der Waals surface area contributed by atoms with E-state index in [-0.39, 0.29) is 18.9 Å². The molecule has 1 heterocycles. The van der Waals surface area contributed by atoms with Gasteiger partial charge in [-0.1, -0.05) is 48.8 Å². The van der Waals surface area contributed by atoms with Gasteiger partial charge in [0, 0.05) is 12.1 Å². The summed E-state index contributed by atoms with van der Waals surface area (Å²) in [5.41, 5.74) is 0.669. The molecule has 0 unspecified atom stereocenters. The number of para-hydroxylation sites is 1. The van der Waals surface area contributed by atoms with Gasteiger partial charge in [-0.3, -0.25) is 14.5 Å². The molecule has 0 radical (unpaired) electrons. The molecular formula is C17H17NO5S2. The molecule has 0 spiro atoms. The lowest BCUT2D eigenvalue weighted by Gasteiger charge is -2.13. The van der Waals surface area contributed by atoms with Crippen molar-refractivity contribution in [1.29, 1.82) is 0 Å². The van der Waals surface area contributed by atoms with Crippen LogP contribution in [0.3, 0.4) is 0 Å². The quantitative estimate of drug-likeness (QED) is 0.423. The molecule has 1 fully saturated rings. The number of thiocarbonyl (C=S) groups is 1. The number of carbonyl (C=O) groups is 2. The number of methoxy groups -OCH3 is 1. The van der Waals surface area contributed by atoms with Gasteiger partial charge in [0.2, 0.25) is 0 Å². The van der Waals surface area contributed by atoms with Crippen LogP contribution in [0.1, 0.15) is 12.0 Å². The minimum Gasteiger partial charge on any atom is -0.492 e. The molecule has 6 nitrogen and oxygen atoms in total. The first-order valence-corrected chi connectivity index (χ1v) is 8.58. The van der Waals surface area contributed by atoms with Gasteiger partial charge in [-0.05, 0) is 12.1 Å². The topological polar surface area (TPSA) is 76.1 Å². The van der Waals surface area contributed by atoms with Crippen LogP contribution in [0.15, 0.2) is 35.8 Å². The maximum Gasteiger partial charge on any atom is 0.305 e. The van der Waals surface area contributed by atoms with Crippen LogP contribution >= 0.6 is 24.0 Å². The lowest BCUT2D eigenvalue weighted by Crippen LogP contribution is -2.30. The zero-order chi connectivity index (χ0) is 18.4. The number of thioether (sulfide) groups is 1. The number of carboxylic acid groups (broad SMARTS) is 1. The third-order valence-electron chi connectivity index (χ3n) is 3.28. The van der Waals surface area contributed by atoms with Gasteiger partial charge < -0.3 is 14.6 Å². The van der Waals surface area contributed by atoms with E-state index < -0.39 is 5.97 Å². The molecule has 0 atom stereocenters. The van der Waals surface area contributed by atoms with Crippen molar-refractivity contribution in [1.82, 2.24) is 4.90 Å².